The van der Waals surface area contributed by atoms with Crippen molar-refractivity contribution in [2.24, 2.45) is 7.05 Å². The van der Waals surface area contributed by atoms with Crippen LogP contribution >= 0.6 is 0 Å². The van der Waals surface area contributed by atoms with E-state index in [9.17, 15) is 0 Å². The van der Waals surface area contributed by atoms with Crippen LogP contribution in [-0.4, -0.2) is 60.7 Å². The smallest absolute Gasteiger partial charge is 0.146 e. The summed E-state index contributed by atoms with van der Waals surface area (Å²) in [4.78, 5) is 12.6. The predicted octanol–water partition coefficient (Wildman–Crippen LogP) is 2.21. The number of likely N-dealkylation sites (tertiary alicyclic amines) is 2. The predicted molar refractivity (Wildman–Crippen MR) is 101 cm³/mol. The summed E-state index contributed by atoms with van der Waals surface area (Å²) in [5, 5.41) is 9.09. The summed E-state index contributed by atoms with van der Waals surface area (Å²) in [5.74, 6) is 2.82. The first kappa shape index (κ1) is 17.7. The third-order valence-electron chi connectivity index (χ3n) is 6.07. The molecule has 2 aliphatic heterocycles. The summed E-state index contributed by atoms with van der Waals surface area (Å²) < 4.78 is 2.26. The topological polar surface area (TPSA) is 65.9 Å². The van der Waals surface area contributed by atoms with Crippen LogP contribution < -0.4 is 0 Å². The number of hydrogen-bond acceptors (Lipinski definition) is 5. The second kappa shape index (κ2) is 7.88. The van der Waals surface area contributed by atoms with E-state index in [0.29, 0.717) is 5.92 Å². The molecule has 4 heterocycles. The Morgan fingerprint density at radius 3 is 2.42 bits per heavy atom. The van der Waals surface area contributed by atoms with Crippen LogP contribution in [0.25, 0.3) is 0 Å². The van der Waals surface area contributed by atoms with Crippen molar-refractivity contribution in [3.05, 3.63) is 29.4 Å². The third kappa shape index (κ3) is 3.83. The van der Waals surface area contributed by atoms with Gasteiger partial charge in [-0.1, -0.05) is 6.42 Å². The normalized spacial score (nSPS) is 20.7. The molecule has 0 radical (unpaired) electrons. The monoisotopic (exact) mass is 357 g/mol. The van der Waals surface area contributed by atoms with E-state index < -0.39 is 0 Å². The number of imidazole rings is 1. The van der Waals surface area contributed by atoms with Crippen molar-refractivity contribution in [3.63, 3.8) is 0 Å². The van der Waals surface area contributed by atoms with Crippen LogP contribution in [0.2, 0.25) is 0 Å². The molecule has 0 aromatic carbocycles. The van der Waals surface area contributed by atoms with Crippen molar-refractivity contribution >= 4 is 0 Å². The highest BCUT2D eigenvalue weighted by Gasteiger charge is 2.26. The number of aromatic nitrogens is 5. The number of aromatic amines is 1. The van der Waals surface area contributed by atoms with Crippen molar-refractivity contribution in [1.29, 1.82) is 0 Å². The number of aryl methyl sites for hydroxylation is 1. The van der Waals surface area contributed by atoms with Gasteiger partial charge in [0, 0.05) is 25.2 Å². The largest absolute Gasteiger partial charge is 0.348 e. The van der Waals surface area contributed by atoms with E-state index >= 15 is 0 Å². The highest BCUT2D eigenvalue weighted by molar-refractivity contribution is 5.09. The molecule has 4 rings (SSSR count). The minimum atomic E-state index is 0.527. The SMILES string of the molecule is Cc1[nH]cnc1CN1CCC(c2nnc(CN3CCCCC3)n2C)CC1. The van der Waals surface area contributed by atoms with E-state index in [1.54, 1.807) is 6.33 Å². The van der Waals surface area contributed by atoms with E-state index in [-0.39, 0.29) is 0 Å². The zero-order valence-electron chi connectivity index (χ0n) is 16.1. The van der Waals surface area contributed by atoms with Gasteiger partial charge in [0.15, 0.2) is 0 Å². The van der Waals surface area contributed by atoms with Crippen LogP contribution in [0, 0.1) is 6.92 Å². The van der Waals surface area contributed by atoms with Crippen LogP contribution in [0.4, 0.5) is 0 Å². The Hall–Kier alpha value is -1.73. The van der Waals surface area contributed by atoms with Crippen LogP contribution in [0.1, 0.15) is 61.1 Å². The summed E-state index contributed by atoms with van der Waals surface area (Å²) in [6.07, 6.45) is 8.10. The summed E-state index contributed by atoms with van der Waals surface area (Å²) in [6, 6.07) is 0. The zero-order chi connectivity index (χ0) is 17.9. The van der Waals surface area contributed by atoms with Crippen LogP contribution in [-0.2, 0) is 20.1 Å². The number of piperidine rings is 2. The van der Waals surface area contributed by atoms with Gasteiger partial charge in [0.25, 0.3) is 0 Å². The number of hydrogen-bond donors (Lipinski definition) is 1. The molecule has 2 fully saturated rings. The Labute approximate surface area is 155 Å². The molecule has 2 aromatic rings. The first-order chi connectivity index (χ1) is 12.7. The Bertz CT molecular complexity index is 705. The average molecular weight is 358 g/mol. The molecule has 0 unspecified atom stereocenters. The first-order valence-corrected chi connectivity index (χ1v) is 10.0. The molecule has 0 aliphatic carbocycles. The maximum Gasteiger partial charge on any atom is 0.146 e. The molecule has 26 heavy (non-hydrogen) atoms. The van der Waals surface area contributed by atoms with Gasteiger partial charge in [-0.3, -0.25) is 9.80 Å². The quantitative estimate of drug-likeness (QED) is 0.889. The molecule has 0 bridgehead atoms. The lowest BCUT2D eigenvalue weighted by atomic mass is 9.96. The van der Waals surface area contributed by atoms with Gasteiger partial charge in [-0.2, -0.15) is 0 Å². The van der Waals surface area contributed by atoms with E-state index in [1.807, 2.05) is 0 Å². The lowest BCUT2D eigenvalue weighted by Crippen LogP contribution is -2.33. The summed E-state index contributed by atoms with van der Waals surface area (Å²) in [5.41, 5.74) is 2.36. The number of nitrogens with one attached hydrogen (secondary N) is 1. The van der Waals surface area contributed by atoms with Gasteiger partial charge in [0.1, 0.15) is 11.6 Å². The maximum atomic E-state index is 4.57. The molecule has 2 saturated heterocycles. The molecule has 2 aromatic heterocycles. The maximum absolute atomic E-state index is 4.57. The molecule has 7 heteroatoms. The molecular weight excluding hydrogens is 326 g/mol. The van der Waals surface area contributed by atoms with Gasteiger partial charge in [0.05, 0.1) is 18.6 Å². The third-order valence-corrected chi connectivity index (χ3v) is 6.07. The zero-order valence-corrected chi connectivity index (χ0v) is 16.1. The number of H-pyrrole nitrogens is 1. The lowest BCUT2D eigenvalue weighted by Gasteiger charge is -2.31. The summed E-state index contributed by atoms with van der Waals surface area (Å²) in [6.45, 7) is 8.59. The summed E-state index contributed by atoms with van der Waals surface area (Å²) >= 11 is 0. The van der Waals surface area contributed by atoms with Gasteiger partial charge in [-0.05, 0) is 58.8 Å². The van der Waals surface area contributed by atoms with Gasteiger partial charge >= 0.3 is 0 Å². The van der Waals surface area contributed by atoms with Crippen molar-refractivity contribution in [1.82, 2.24) is 34.5 Å². The molecule has 1 N–H and O–H groups in total. The van der Waals surface area contributed by atoms with Crippen LogP contribution in [0.5, 0.6) is 0 Å². The fourth-order valence-corrected chi connectivity index (χ4v) is 4.29. The van der Waals surface area contributed by atoms with Crippen molar-refractivity contribution in [2.45, 2.75) is 58.0 Å². The van der Waals surface area contributed by atoms with E-state index in [2.05, 4.69) is 48.5 Å². The van der Waals surface area contributed by atoms with Crippen molar-refractivity contribution in [2.75, 3.05) is 26.2 Å². The van der Waals surface area contributed by atoms with Gasteiger partial charge in [-0.25, -0.2) is 4.98 Å². The lowest BCUT2D eigenvalue weighted by molar-refractivity contribution is 0.197. The second-order valence-electron chi connectivity index (χ2n) is 7.89. The Morgan fingerprint density at radius 2 is 1.73 bits per heavy atom. The fourth-order valence-electron chi connectivity index (χ4n) is 4.29. The van der Waals surface area contributed by atoms with Crippen LogP contribution in [0.15, 0.2) is 6.33 Å². The van der Waals surface area contributed by atoms with E-state index in [1.165, 1.54) is 49.6 Å². The standard InChI is InChI=1S/C19H31N7/c1-15-17(21-14-20-15)12-26-10-6-16(7-11-26)19-23-22-18(24(19)2)13-25-8-4-3-5-9-25/h14,16H,3-13H2,1-2H3,(H,20,21). The van der Waals surface area contributed by atoms with Crippen LogP contribution in [0.3, 0.4) is 0 Å². The highest BCUT2D eigenvalue weighted by Crippen LogP contribution is 2.28. The second-order valence-corrected chi connectivity index (χ2v) is 7.89. The molecule has 7 nitrogen and oxygen atoms in total. The van der Waals surface area contributed by atoms with Gasteiger partial charge in [0.2, 0.25) is 0 Å². The fraction of sp³-hybridized carbons (Fsp3) is 0.737. The van der Waals surface area contributed by atoms with Crippen molar-refractivity contribution < 1.29 is 0 Å². The number of rotatable bonds is 5. The van der Waals surface area contributed by atoms with E-state index in [4.69, 9.17) is 0 Å². The minimum absolute atomic E-state index is 0.527. The Morgan fingerprint density at radius 1 is 1.00 bits per heavy atom. The first-order valence-electron chi connectivity index (χ1n) is 10.0. The number of nitrogens with zero attached hydrogens (tertiary/aromatic N) is 6. The highest BCUT2D eigenvalue weighted by atomic mass is 15.3. The minimum Gasteiger partial charge on any atom is -0.348 e. The molecule has 0 amide bonds. The van der Waals surface area contributed by atoms with Crippen molar-refractivity contribution in [3.8, 4) is 0 Å². The molecule has 2 aliphatic rings. The molecule has 0 atom stereocenters. The van der Waals surface area contributed by atoms with Gasteiger partial charge < -0.3 is 9.55 Å². The molecule has 142 valence electrons. The average Bonchev–Trinajstić information content (AvgIpc) is 3.23. The summed E-state index contributed by atoms with van der Waals surface area (Å²) in [7, 11) is 2.15. The Kier molecular flexibility index (Phi) is 5.36. The van der Waals surface area contributed by atoms with Gasteiger partial charge in [-0.15, -0.1) is 10.2 Å². The molecular formula is C19H31N7. The van der Waals surface area contributed by atoms with E-state index in [0.717, 1.165) is 44.8 Å². The molecule has 0 spiro atoms. The molecule has 0 saturated carbocycles. The Balaban J connectivity index is 1.33.